The first-order valence-corrected chi connectivity index (χ1v) is 8.44. The molecule has 0 saturated heterocycles. The Morgan fingerprint density at radius 1 is 0.900 bits per heavy atom. The van der Waals surface area contributed by atoms with Gasteiger partial charge in [-0.2, -0.15) is 0 Å². The highest BCUT2D eigenvalue weighted by Crippen LogP contribution is 2.35. The van der Waals surface area contributed by atoms with Gasteiger partial charge in [0.2, 0.25) is 0 Å². The first-order chi connectivity index (χ1) is 9.66. The summed E-state index contributed by atoms with van der Waals surface area (Å²) in [5.74, 6) is 1.55. The van der Waals surface area contributed by atoms with Crippen molar-refractivity contribution in [2.45, 2.75) is 78.1 Å². The van der Waals surface area contributed by atoms with Gasteiger partial charge in [-0.3, -0.25) is 0 Å². The van der Waals surface area contributed by atoms with Crippen molar-refractivity contribution in [2.24, 2.45) is 5.92 Å². The van der Waals surface area contributed by atoms with E-state index in [1.54, 1.807) is 0 Å². The number of phenols is 1. The fourth-order valence-electron chi connectivity index (χ4n) is 2.97. The van der Waals surface area contributed by atoms with Gasteiger partial charge in [-0.25, -0.2) is 0 Å². The summed E-state index contributed by atoms with van der Waals surface area (Å²) < 4.78 is 0. The number of unbranched alkanes of at least 4 members (excludes halogenated alkanes) is 6. The van der Waals surface area contributed by atoms with Crippen LogP contribution in [0.15, 0.2) is 24.3 Å². The Morgan fingerprint density at radius 2 is 1.50 bits per heavy atom. The second-order valence-corrected chi connectivity index (χ2v) is 6.32. The average molecular weight is 276 g/mol. The van der Waals surface area contributed by atoms with Crippen molar-refractivity contribution in [3.8, 4) is 5.75 Å². The van der Waals surface area contributed by atoms with Crippen LogP contribution >= 0.6 is 0 Å². The minimum absolute atomic E-state index is 0.467. The maximum atomic E-state index is 10.0. The largest absolute Gasteiger partial charge is 0.508 e. The van der Waals surface area contributed by atoms with Crippen molar-refractivity contribution in [1.29, 1.82) is 0 Å². The first kappa shape index (κ1) is 17.1. The molecule has 0 saturated carbocycles. The summed E-state index contributed by atoms with van der Waals surface area (Å²) in [4.78, 5) is 0. The van der Waals surface area contributed by atoms with Crippen molar-refractivity contribution >= 4 is 0 Å². The van der Waals surface area contributed by atoms with Crippen molar-refractivity contribution in [3.63, 3.8) is 0 Å². The quantitative estimate of drug-likeness (QED) is 0.499. The predicted molar refractivity (Wildman–Crippen MR) is 88.3 cm³/mol. The van der Waals surface area contributed by atoms with Crippen molar-refractivity contribution in [2.75, 3.05) is 0 Å². The molecular formula is C19H32O. The summed E-state index contributed by atoms with van der Waals surface area (Å²) >= 11 is 0. The average Bonchev–Trinajstić information content (AvgIpc) is 2.43. The zero-order chi connectivity index (χ0) is 14.8. The second-order valence-electron chi connectivity index (χ2n) is 6.32. The minimum Gasteiger partial charge on any atom is -0.508 e. The van der Waals surface area contributed by atoms with Gasteiger partial charge in [-0.05, 0) is 29.9 Å². The third-order valence-corrected chi connectivity index (χ3v) is 4.26. The molecule has 1 unspecified atom stereocenters. The molecule has 0 aliphatic rings. The van der Waals surface area contributed by atoms with Crippen molar-refractivity contribution < 1.29 is 5.11 Å². The van der Waals surface area contributed by atoms with E-state index in [-0.39, 0.29) is 0 Å². The molecule has 1 heteroatoms. The lowest BCUT2D eigenvalue weighted by Crippen LogP contribution is -2.07. The third-order valence-electron chi connectivity index (χ3n) is 4.26. The van der Waals surface area contributed by atoms with E-state index in [2.05, 4.69) is 26.8 Å². The van der Waals surface area contributed by atoms with Crippen LogP contribution in [0.2, 0.25) is 0 Å². The fraction of sp³-hybridized carbons (Fsp3) is 0.684. The molecule has 1 aromatic carbocycles. The number of hydrogen-bond donors (Lipinski definition) is 1. The van der Waals surface area contributed by atoms with Gasteiger partial charge in [0.1, 0.15) is 5.75 Å². The monoisotopic (exact) mass is 276 g/mol. The van der Waals surface area contributed by atoms with Gasteiger partial charge < -0.3 is 5.11 Å². The van der Waals surface area contributed by atoms with E-state index in [0.717, 1.165) is 5.56 Å². The number of aromatic hydroxyl groups is 1. The predicted octanol–water partition coefficient (Wildman–Crippen LogP) is 6.27. The van der Waals surface area contributed by atoms with Gasteiger partial charge in [0.25, 0.3) is 0 Å². The Kier molecular flexibility index (Phi) is 8.41. The molecule has 0 heterocycles. The van der Waals surface area contributed by atoms with E-state index in [1.807, 2.05) is 18.2 Å². The molecule has 0 aliphatic carbocycles. The van der Waals surface area contributed by atoms with Gasteiger partial charge in [-0.1, -0.05) is 83.9 Å². The molecule has 1 N–H and O–H groups in total. The lowest BCUT2D eigenvalue weighted by Gasteiger charge is -2.22. The van der Waals surface area contributed by atoms with Crippen LogP contribution in [0.5, 0.6) is 5.75 Å². The van der Waals surface area contributed by atoms with Crippen molar-refractivity contribution in [1.82, 2.24) is 0 Å². The summed E-state index contributed by atoms with van der Waals surface area (Å²) in [6, 6.07) is 7.84. The molecule has 1 rings (SSSR count). The summed E-state index contributed by atoms with van der Waals surface area (Å²) in [6.07, 6.45) is 10.7. The molecule has 1 atom stereocenters. The SMILES string of the molecule is CCCCCCCCCC(c1ccccc1O)C(C)C. The third kappa shape index (κ3) is 5.98. The number of hydrogen-bond acceptors (Lipinski definition) is 1. The van der Waals surface area contributed by atoms with Gasteiger partial charge in [0, 0.05) is 0 Å². The number of phenolic OH excluding ortho intramolecular Hbond substituents is 1. The van der Waals surface area contributed by atoms with Crippen LogP contribution in [0, 0.1) is 5.92 Å². The molecule has 0 amide bonds. The van der Waals surface area contributed by atoms with E-state index in [1.165, 1.54) is 51.4 Å². The Hall–Kier alpha value is -0.980. The number of rotatable bonds is 10. The Labute approximate surface area is 125 Å². The van der Waals surface area contributed by atoms with Crippen LogP contribution in [-0.4, -0.2) is 5.11 Å². The topological polar surface area (TPSA) is 20.2 Å². The molecule has 0 bridgehead atoms. The minimum atomic E-state index is 0.467. The van der Waals surface area contributed by atoms with Crippen LogP contribution < -0.4 is 0 Å². The van der Waals surface area contributed by atoms with Crippen LogP contribution in [0.3, 0.4) is 0 Å². The molecule has 0 spiro atoms. The first-order valence-electron chi connectivity index (χ1n) is 8.44. The van der Waals surface area contributed by atoms with E-state index in [0.29, 0.717) is 17.6 Å². The second kappa shape index (κ2) is 9.85. The zero-order valence-corrected chi connectivity index (χ0v) is 13.6. The highest BCUT2D eigenvalue weighted by atomic mass is 16.3. The standard InChI is InChI=1S/C19H32O/c1-4-5-6-7-8-9-10-13-17(16(2)3)18-14-11-12-15-19(18)20/h11-12,14-17,20H,4-10,13H2,1-3H3. The fourth-order valence-corrected chi connectivity index (χ4v) is 2.97. The van der Waals surface area contributed by atoms with Crippen molar-refractivity contribution in [3.05, 3.63) is 29.8 Å². The molecule has 0 aliphatic heterocycles. The number of benzene rings is 1. The van der Waals surface area contributed by atoms with Gasteiger partial charge in [0.15, 0.2) is 0 Å². The van der Waals surface area contributed by atoms with Gasteiger partial charge in [-0.15, -0.1) is 0 Å². The molecular weight excluding hydrogens is 244 g/mol. The highest BCUT2D eigenvalue weighted by molar-refractivity contribution is 5.35. The smallest absolute Gasteiger partial charge is 0.119 e. The molecule has 0 aromatic heterocycles. The van der Waals surface area contributed by atoms with Crippen LogP contribution in [-0.2, 0) is 0 Å². The van der Waals surface area contributed by atoms with E-state index in [4.69, 9.17) is 0 Å². The maximum absolute atomic E-state index is 10.0. The normalized spacial score (nSPS) is 12.8. The van der Waals surface area contributed by atoms with E-state index < -0.39 is 0 Å². The Balaban J connectivity index is 2.36. The van der Waals surface area contributed by atoms with E-state index in [9.17, 15) is 5.11 Å². The molecule has 0 radical (unpaired) electrons. The van der Waals surface area contributed by atoms with Crippen LogP contribution in [0.25, 0.3) is 0 Å². The molecule has 114 valence electrons. The summed E-state index contributed by atoms with van der Waals surface area (Å²) in [7, 11) is 0. The zero-order valence-electron chi connectivity index (χ0n) is 13.6. The molecule has 0 fully saturated rings. The summed E-state index contributed by atoms with van der Waals surface area (Å²) in [6.45, 7) is 6.79. The maximum Gasteiger partial charge on any atom is 0.119 e. The number of para-hydroxylation sites is 1. The molecule has 1 aromatic rings. The molecule has 1 nitrogen and oxygen atoms in total. The Morgan fingerprint density at radius 3 is 2.10 bits per heavy atom. The summed E-state index contributed by atoms with van der Waals surface area (Å²) in [5, 5.41) is 10.0. The van der Waals surface area contributed by atoms with Gasteiger partial charge in [0.05, 0.1) is 0 Å². The lowest BCUT2D eigenvalue weighted by atomic mass is 9.83. The van der Waals surface area contributed by atoms with E-state index >= 15 is 0 Å². The highest BCUT2D eigenvalue weighted by Gasteiger charge is 2.18. The molecule has 20 heavy (non-hydrogen) atoms. The van der Waals surface area contributed by atoms with Crippen LogP contribution in [0.4, 0.5) is 0 Å². The lowest BCUT2D eigenvalue weighted by molar-refractivity contribution is 0.410. The van der Waals surface area contributed by atoms with Crippen LogP contribution in [0.1, 0.15) is 83.6 Å². The summed E-state index contributed by atoms with van der Waals surface area (Å²) in [5.41, 5.74) is 1.13. The van der Waals surface area contributed by atoms with Gasteiger partial charge >= 0.3 is 0 Å². The Bertz CT molecular complexity index is 357.